The molecule has 1 heterocycles. The molecule has 0 atom stereocenters. The van der Waals surface area contributed by atoms with E-state index in [4.69, 9.17) is 0 Å². The Bertz CT molecular complexity index is 756. The van der Waals surface area contributed by atoms with Gasteiger partial charge in [0, 0.05) is 32.9 Å². The molecule has 0 aliphatic carbocycles. The van der Waals surface area contributed by atoms with Crippen molar-refractivity contribution in [3.8, 4) is 5.69 Å². The van der Waals surface area contributed by atoms with Crippen LogP contribution in [-0.2, 0) is 0 Å². The van der Waals surface area contributed by atoms with Crippen molar-refractivity contribution in [3.05, 3.63) is 81.7 Å². The second-order valence-electron chi connectivity index (χ2n) is 4.85. The summed E-state index contributed by atoms with van der Waals surface area (Å²) in [4.78, 5) is 4.52. The summed E-state index contributed by atoms with van der Waals surface area (Å²) in [6.45, 7) is 2.11. The summed E-state index contributed by atoms with van der Waals surface area (Å²) < 4.78 is 3.40. The third kappa shape index (κ3) is 3.42. The Morgan fingerprint density at radius 1 is 1.00 bits per heavy atom. The van der Waals surface area contributed by atoms with Crippen molar-refractivity contribution in [2.75, 3.05) is 0 Å². The van der Waals surface area contributed by atoms with E-state index in [0.29, 0.717) is 0 Å². The molecule has 3 rings (SSSR count). The summed E-state index contributed by atoms with van der Waals surface area (Å²) in [6.07, 6.45) is 4.02. The lowest BCUT2D eigenvalue weighted by Crippen LogP contribution is -1.93. The molecule has 3 heteroatoms. The second kappa shape index (κ2) is 6.26. The maximum absolute atomic E-state index is 4.52. The molecule has 0 aliphatic heterocycles. The monoisotopic (exact) mass is 386 g/mol. The van der Waals surface area contributed by atoms with Gasteiger partial charge in [-0.2, -0.15) is 0 Å². The van der Waals surface area contributed by atoms with Crippen LogP contribution in [0.3, 0.4) is 0 Å². The maximum atomic E-state index is 4.52. The zero-order valence-electron chi connectivity index (χ0n) is 11.7. The quantitative estimate of drug-likeness (QED) is 0.438. The lowest BCUT2D eigenvalue weighted by molar-refractivity contribution is 1.02. The van der Waals surface area contributed by atoms with Crippen LogP contribution in [0.2, 0.25) is 0 Å². The van der Waals surface area contributed by atoms with Gasteiger partial charge in [-0.1, -0.05) is 18.2 Å². The zero-order chi connectivity index (χ0) is 14.7. The van der Waals surface area contributed by atoms with Crippen LogP contribution in [-0.4, -0.2) is 10.8 Å². The van der Waals surface area contributed by atoms with E-state index < -0.39 is 0 Å². The summed E-state index contributed by atoms with van der Waals surface area (Å²) in [5, 5.41) is 0. The fourth-order valence-electron chi connectivity index (χ4n) is 2.21. The maximum Gasteiger partial charge on any atom is 0.0630 e. The summed E-state index contributed by atoms with van der Waals surface area (Å²) >= 11 is 2.30. The van der Waals surface area contributed by atoms with E-state index in [1.807, 2.05) is 36.5 Å². The van der Waals surface area contributed by atoms with Gasteiger partial charge in [0.05, 0.1) is 5.69 Å². The molecule has 0 radical (unpaired) electrons. The molecule has 1 aromatic heterocycles. The first-order valence-corrected chi connectivity index (χ1v) is 7.84. The minimum absolute atomic E-state index is 0.973. The Morgan fingerprint density at radius 3 is 2.43 bits per heavy atom. The molecule has 0 spiro atoms. The molecule has 21 heavy (non-hydrogen) atoms. The molecule has 0 saturated heterocycles. The highest BCUT2D eigenvalue weighted by Gasteiger charge is 2.02. The third-order valence-electron chi connectivity index (χ3n) is 3.26. The van der Waals surface area contributed by atoms with Crippen molar-refractivity contribution in [2.45, 2.75) is 6.92 Å². The Labute approximate surface area is 138 Å². The van der Waals surface area contributed by atoms with Crippen LogP contribution in [0.4, 0.5) is 5.69 Å². The van der Waals surface area contributed by atoms with Crippen LogP contribution in [0.5, 0.6) is 0 Å². The molecule has 3 aromatic rings. The fourth-order valence-corrected chi connectivity index (χ4v) is 2.57. The van der Waals surface area contributed by atoms with Gasteiger partial charge in [-0.25, -0.2) is 0 Å². The van der Waals surface area contributed by atoms with Gasteiger partial charge in [0.1, 0.15) is 0 Å². The van der Waals surface area contributed by atoms with Crippen LogP contribution >= 0.6 is 22.6 Å². The van der Waals surface area contributed by atoms with Crippen molar-refractivity contribution >= 4 is 34.5 Å². The zero-order valence-corrected chi connectivity index (χ0v) is 13.9. The van der Waals surface area contributed by atoms with Crippen molar-refractivity contribution in [1.29, 1.82) is 0 Å². The van der Waals surface area contributed by atoms with Gasteiger partial charge in [-0.15, -0.1) is 0 Å². The Balaban J connectivity index is 1.86. The van der Waals surface area contributed by atoms with E-state index in [0.717, 1.165) is 11.3 Å². The number of aromatic nitrogens is 1. The lowest BCUT2D eigenvalue weighted by atomic mass is 10.3. The largest absolute Gasteiger partial charge is 0.321 e. The SMILES string of the molecule is Cc1cc(C=Nc2ccc(I)cc2)cn1-c1ccccc1. The first-order valence-electron chi connectivity index (χ1n) is 6.76. The molecular weight excluding hydrogens is 371 g/mol. The number of aliphatic imine (C=N–C) groups is 1. The minimum atomic E-state index is 0.973. The van der Waals surface area contributed by atoms with E-state index in [1.54, 1.807) is 0 Å². The van der Waals surface area contributed by atoms with E-state index in [-0.39, 0.29) is 0 Å². The third-order valence-corrected chi connectivity index (χ3v) is 3.98. The van der Waals surface area contributed by atoms with Crippen molar-refractivity contribution in [1.82, 2.24) is 4.57 Å². The Morgan fingerprint density at radius 2 is 1.71 bits per heavy atom. The molecule has 0 aliphatic rings. The highest BCUT2D eigenvalue weighted by molar-refractivity contribution is 14.1. The molecule has 0 saturated carbocycles. The van der Waals surface area contributed by atoms with Gasteiger partial charge in [0.15, 0.2) is 0 Å². The number of para-hydroxylation sites is 1. The number of rotatable bonds is 3. The van der Waals surface area contributed by atoms with E-state index >= 15 is 0 Å². The van der Waals surface area contributed by atoms with Gasteiger partial charge in [-0.05, 0) is 72.0 Å². The summed E-state index contributed by atoms with van der Waals surface area (Å²) in [5.74, 6) is 0. The summed E-state index contributed by atoms with van der Waals surface area (Å²) in [6, 6.07) is 20.7. The topological polar surface area (TPSA) is 17.3 Å². The molecule has 0 amide bonds. The van der Waals surface area contributed by atoms with Crippen LogP contribution in [0.25, 0.3) is 5.69 Å². The van der Waals surface area contributed by atoms with Gasteiger partial charge >= 0.3 is 0 Å². The predicted octanol–water partition coefficient (Wildman–Crippen LogP) is 5.14. The standard InChI is InChI=1S/C18H15IN2/c1-14-11-15(12-20-17-9-7-16(19)8-10-17)13-21(14)18-5-3-2-4-6-18/h2-13H,1H3. The molecular formula is C18H15IN2. The van der Waals surface area contributed by atoms with Gasteiger partial charge in [-0.3, -0.25) is 4.99 Å². The Kier molecular flexibility index (Phi) is 4.20. The number of nitrogens with zero attached hydrogens (tertiary/aromatic N) is 2. The average molecular weight is 386 g/mol. The van der Waals surface area contributed by atoms with Crippen LogP contribution in [0.15, 0.2) is 71.9 Å². The van der Waals surface area contributed by atoms with Gasteiger partial charge in [0.25, 0.3) is 0 Å². The number of halogens is 1. The van der Waals surface area contributed by atoms with Gasteiger partial charge < -0.3 is 4.57 Å². The number of aryl methyl sites for hydroxylation is 1. The molecule has 2 nitrogen and oxygen atoms in total. The molecule has 0 bridgehead atoms. The molecule has 0 unspecified atom stereocenters. The molecule has 2 aromatic carbocycles. The first-order chi connectivity index (χ1) is 10.2. The van der Waals surface area contributed by atoms with Crippen LogP contribution in [0.1, 0.15) is 11.3 Å². The minimum Gasteiger partial charge on any atom is -0.321 e. The number of hydrogen-bond acceptors (Lipinski definition) is 1. The number of hydrogen-bond donors (Lipinski definition) is 0. The molecule has 0 fully saturated rings. The van der Waals surface area contributed by atoms with Crippen molar-refractivity contribution in [2.24, 2.45) is 4.99 Å². The smallest absolute Gasteiger partial charge is 0.0630 e. The Hall–Kier alpha value is -1.88. The summed E-state index contributed by atoms with van der Waals surface area (Å²) in [7, 11) is 0. The van der Waals surface area contributed by atoms with E-state index in [9.17, 15) is 0 Å². The van der Waals surface area contributed by atoms with E-state index in [2.05, 4.69) is 75.6 Å². The van der Waals surface area contributed by atoms with Crippen molar-refractivity contribution < 1.29 is 0 Å². The van der Waals surface area contributed by atoms with Crippen molar-refractivity contribution in [3.63, 3.8) is 0 Å². The van der Waals surface area contributed by atoms with Gasteiger partial charge in [0.2, 0.25) is 0 Å². The van der Waals surface area contributed by atoms with E-state index in [1.165, 1.54) is 15.0 Å². The first kappa shape index (κ1) is 14.1. The summed E-state index contributed by atoms with van der Waals surface area (Å²) in [5.41, 5.74) is 4.45. The highest BCUT2D eigenvalue weighted by Crippen LogP contribution is 2.17. The fraction of sp³-hybridized carbons (Fsp3) is 0.0556. The lowest BCUT2D eigenvalue weighted by Gasteiger charge is -2.04. The average Bonchev–Trinajstić information content (AvgIpc) is 2.89. The second-order valence-corrected chi connectivity index (χ2v) is 6.10. The van der Waals surface area contributed by atoms with Crippen LogP contribution in [0, 0.1) is 10.5 Å². The predicted molar refractivity (Wildman–Crippen MR) is 96.9 cm³/mol. The molecule has 0 N–H and O–H groups in total. The molecule has 104 valence electrons. The van der Waals surface area contributed by atoms with Crippen LogP contribution < -0.4 is 0 Å². The normalized spacial score (nSPS) is 11.1. The highest BCUT2D eigenvalue weighted by atomic mass is 127. The number of benzene rings is 2.